The largest absolute Gasteiger partial charge is 0.493 e. The fraction of sp³-hybridized carbons (Fsp3) is 0.188. The molecule has 0 bridgehead atoms. The van der Waals surface area contributed by atoms with Gasteiger partial charge in [-0.25, -0.2) is 4.79 Å². The molecular weight excluding hydrogens is 350 g/mol. The molecule has 0 aliphatic carbocycles. The average Bonchev–Trinajstić information content (AvgIpc) is 2.89. The molecule has 2 N–H and O–H groups in total. The molecule has 0 saturated heterocycles. The Morgan fingerprint density at radius 2 is 2.21 bits per heavy atom. The molecule has 0 fully saturated rings. The first kappa shape index (κ1) is 18.0. The maximum Gasteiger partial charge on any atom is 0.341 e. The molecule has 1 heterocycles. The predicted molar refractivity (Wildman–Crippen MR) is 100 cm³/mol. The quantitative estimate of drug-likeness (QED) is 0.447. The molecule has 0 radical (unpaired) electrons. The number of thiocarbonyl (C=S) groups is 1. The van der Waals surface area contributed by atoms with Crippen molar-refractivity contribution in [2.24, 2.45) is 0 Å². The van der Waals surface area contributed by atoms with Gasteiger partial charge >= 0.3 is 5.97 Å². The topological polar surface area (TPSA) is 84.9 Å². The van der Waals surface area contributed by atoms with E-state index in [1.165, 1.54) is 7.11 Å². The van der Waals surface area contributed by atoms with Gasteiger partial charge in [-0.1, -0.05) is 43.4 Å². The van der Waals surface area contributed by atoms with Crippen molar-refractivity contribution in [3.63, 3.8) is 0 Å². The van der Waals surface area contributed by atoms with Gasteiger partial charge in [-0.05, 0) is 10.4 Å². The van der Waals surface area contributed by atoms with Crippen molar-refractivity contribution in [2.75, 3.05) is 13.7 Å². The van der Waals surface area contributed by atoms with Crippen LogP contribution >= 0.6 is 12.2 Å². The van der Waals surface area contributed by atoms with Crippen LogP contribution in [0.4, 0.5) is 0 Å². The summed E-state index contributed by atoms with van der Waals surface area (Å²) in [4.78, 5) is 23.0. The second kappa shape index (κ2) is 7.98. The van der Waals surface area contributed by atoms with E-state index in [9.17, 15) is 9.59 Å². The Hall–Kier alpha value is -2.32. The minimum absolute atomic E-state index is 0.192. The van der Waals surface area contributed by atoms with Gasteiger partial charge < -0.3 is 30.0 Å². The van der Waals surface area contributed by atoms with Gasteiger partial charge in [-0.15, -0.1) is 5.37 Å². The van der Waals surface area contributed by atoms with Crippen LogP contribution < -0.4 is 14.8 Å². The van der Waals surface area contributed by atoms with Crippen molar-refractivity contribution < 1.29 is 24.2 Å². The number of benzene rings is 1. The summed E-state index contributed by atoms with van der Waals surface area (Å²) in [5, 5.41) is 12.9. The molecule has 1 aliphatic heterocycles. The molecule has 1 aliphatic rings. The minimum atomic E-state index is -1.07. The molecular formula is C16H16NO5S2-. The zero-order chi connectivity index (χ0) is 17.7. The molecule has 2 rings (SSSR count). The zero-order valence-corrected chi connectivity index (χ0v) is 14.7. The Morgan fingerprint density at radius 3 is 2.79 bits per heavy atom. The van der Waals surface area contributed by atoms with Crippen molar-refractivity contribution in [3.8, 4) is 11.5 Å². The molecule has 1 aromatic carbocycles. The number of allylic oxidation sites excluding steroid dienone is 1. The summed E-state index contributed by atoms with van der Waals surface area (Å²) in [6.07, 6.45) is 3.61. The van der Waals surface area contributed by atoms with E-state index in [2.05, 4.69) is 5.32 Å². The number of carboxylic acids is 1. The van der Waals surface area contributed by atoms with E-state index in [1.54, 1.807) is 29.6 Å². The maximum absolute atomic E-state index is 11.4. The molecule has 128 valence electrons. The van der Waals surface area contributed by atoms with Crippen molar-refractivity contribution >= 4 is 54.8 Å². The maximum atomic E-state index is 11.4. The first-order valence-corrected chi connectivity index (χ1v) is 8.58. The molecule has 1 aromatic rings. The van der Waals surface area contributed by atoms with Crippen LogP contribution in [0.5, 0.6) is 11.5 Å². The van der Waals surface area contributed by atoms with Gasteiger partial charge in [-0.3, -0.25) is 4.79 Å². The molecule has 0 spiro atoms. The van der Waals surface area contributed by atoms with Gasteiger partial charge in [0.15, 0.2) is 18.1 Å². The number of carboxylic acid groups (broad SMARTS) is 1. The van der Waals surface area contributed by atoms with Gasteiger partial charge in [-0.2, -0.15) is 4.86 Å². The second-order valence-electron chi connectivity index (χ2n) is 4.74. The fourth-order valence-electron chi connectivity index (χ4n) is 1.98. The van der Waals surface area contributed by atoms with Gasteiger partial charge in [0.25, 0.3) is 0 Å². The molecule has 0 aromatic heterocycles. The smallest absolute Gasteiger partial charge is 0.341 e. The number of nitrogens with one attached hydrogen (secondary N) is 1. The summed E-state index contributed by atoms with van der Waals surface area (Å²) in [5.74, 6) is -0.473. The zero-order valence-electron chi connectivity index (χ0n) is 13.1. The Labute approximate surface area is 146 Å². The van der Waals surface area contributed by atoms with Gasteiger partial charge in [0.2, 0.25) is 5.91 Å². The summed E-state index contributed by atoms with van der Waals surface area (Å²) in [6, 6.07) is 5.25. The predicted octanol–water partition coefficient (Wildman–Crippen LogP) is 1.20. The van der Waals surface area contributed by atoms with E-state index < -0.39 is 22.6 Å². The van der Waals surface area contributed by atoms with Crippen molar-refractivity contribution in [3.05, 3.63) is 29.8 Å². The van der Waals surface area contributed by atoms with Crippen LogP contribution in [0, 0.1) is 0 Å². The highest BCUT2D eigenvalue weighted by Gasteiger charge is 2.10. The van der Waals surface area contributed by atoms with Crippen LogP contribution in [0.15, 0.2) is 24.3 Å². The van der Waals surface area contributed by atoms with E-state index in [-0.39, 0.29) is 5.91 Å². The number of carbonyl (C=O) groups excluding carboxylic acids is 1. The summed E-state index contributed by atoms with van der Waals surface area (Å²) >= 11 is 5.14. The van der Waals surface area contributed by atoms with Crippen LogP contribution in [0.1, 0.15) is 12.5 Å². The highest BCUT2D eigenvalue weighted by molar-refractivity contribution is 8.19. The first-order chi connectivity index (χ1) is 11.4. The lowest BCUT2D eigenvalue weighted by molar-refractivity contribution is -0.139. The number of ether oxygens (including phenoxy) is 2. The third-order valence-electron chi connectivity index (χ3n) is 3.06. The minimum Gasteiger partial charge on any atom is -0.493 e. The molecule has 0 saturated carbocycles. The van der Waals surface area contributed by atoms with Crippen LogP contribution in [-0.4, -0.2) is 45.3 Å². The average molecular weight is 366 g/mol. The standard InChI is InChI=1S/C16H16NO5S2/c1-10(24-9-13(18)17-16(24)23)6-7-11-4-3-5-12(21-2)15(11)22-8-14(19)20/h3-7,9H,8H2,1-2H3,(H,19,20)(H,17,18,23)/q-1. The summed E-state index contributed by atoms with van der Waals surface area (Å²) in [5.41, 5.74) is 0.669. The van der Waals surface area contributed by atoms with E-state index in [0.29, 0.717) is 21.4 Å². The summed E-state index contributed by atoms with van der Waals surface area (Å²) in [6.45, 7) is 1.41. The number of carbonyl (C=O) groups is 2. The Morgan fingerprint density at radius 1 is 1.46 bits per heavy atom. The number of para-hydroxylation sites is 1. The second-order valence-corrected chi connectivity index (χ2v) is 7.37. The fourth-order valence-corrected chi connectivity index (χ4v) is 3.90. The normalized spacial score (nSPS) is 17.4. The Kier molecular flexibility index (Phi) is 5.99. The van der Waals surface area contributed by atoms with Crippen molar-refractivity contribution in [2.45, 2.75) is 6.92 Å². The first-order valence-electron chi connectivity index (χ1n) is 6.88. The molecule has 0 unspecified atom stereocenters. The lowest BCUT2D eigenvalue weighted by atomic mass is 10.1. The van der Waals surface area contributed by atoms with Gasteiger partial charge in [0, 0.05) is 5.56 Å². The van der Waals surface area contributed by atoms with E-state index in [1.807, 2.05) is 13.0 Å². The highest BCUT2D eigenvalue weighted by atomic mass is 32.2. The number of hydrogen-bond acceptors (Lipinski definition) is 6. The Balaban J connectivity index is 2.37. The Bertz CT molecular complexity index is 820. The number of rotatable bonds is 6. The summed E-state index contributed by atoms with van der Waals surface area (Å²) < 4.78 is 11.0. The number of methoxy groups -OCH3 is 1. The summed E-state index contributed by atoms with van der Waals surface area (Å²) in [7, 11) is 0.949. The van der Waals surface area contributed by atoms with Crippen LogP contribution in [0.3, 0.4) is 0 Å². The molecule has 0 atom stereocenters. The van der Waals surface area contributed by atoms with Crippen molar-refractivity contribution in [1.29, 1.82) is 0 Å². The number of hydrogen-bond donors (Lipinski definition) is 2. The monoisotopic (exact) mass is 366 g/mol. The lowest BCUT2D eigenvalue weighted by Crippen LogP contribution is -2.21. The lowest BCUT2D eigenvalue weighted by Gasteiger charge is -2.13. The highest BCUT2D eigenvalue weighted by Crippen LogP contribution is 2.32. The third kappa shape index (κ3) is 4.36. The molecule has 24 heavy (non-hydrogen) atoms. The van der Waals surface area contributed by atoms with Crippen LogP contribution in [0.2, 0.25) is 0 Å². The molecule has 8 heteroatoms. The number of aliphatic carboxylic acids is 1. The van der Waals surface area contributed by atoms with Gasteiger partial charge in [0.1, 0.15) is 0 Å². The third-order valence-corrected chi connectivity index (χ3v) is 5.49. The van der Waals surface area contributed by atoms with Crippen LogP contribution in [-0.2, 0) is 19.7 Å². The number of amides is 1. The van der Waals surface area contributed by atoms with Crippen molar-refractivity contribution in [1.82, 2.24) is 5.32 Å². The van der Waals surface area contributed by atoms with E-state index >= 15 is 0 Å². The molecule has 1 amide bonds. The van der Waals surface area contributed by atoms with Gasteiger partial charge in [0.05, 0.1) is 7.11 Å². The SMILES string of the molecule is COc1cccc(C=CC(C)=[S-]2=CC(=O)NC2=S)c1OCC(=O)O. The van der Waals surface area contributed by atoms with Crippen LogP contribution in [0.25, 0.3) is 6.08 Å². The van der Waals surface area contributed by atoms with E-state index in [0.717, 1.165) is 4.86 Å². The molecule has 6 nitrogen and oxygen atoms in total. The van der Waals surface area contributed by atoms with E-state index in [4.69, 9.17) is 26.8 Å².